The summed E-state index contributed by atoms with van der Waals surface area (Å²) in [6.07, 6.45) is 1.23. The molecule has 13 heteroatoms. The van der Waals surface area contributed by atoms with Gasteiger partial charge in [0.2, 0.25) is 0 Å². The van der Waals surface area contributed by atoms with Gasteiger partial charge >= 0.3 is 17.9 Å². The maximum Gasteiger partial charge on any atom is 0.333 e. The van der Waals surface area contributed by atoms with Crippen molar-refractivity contribution >= 4 is 17.9 Å². The number of esters is 2. The van der Waals surface area contributed by atoms with Crippen LogP contribution in [0, 0.1) is 0 Å². The van der Waals surface area contributed by atoms with Crippen molar-refractivity contribution in [2.45, 2.75) is 32.6 Å². The molecule has 13 nitrogen and oxygen atoms in total. The molecule has 0 rings (SSSR count). The van der Waals surface area contributed by atoms with Crippen molar-refractivity contribution in [2.75, 3.05) is 106 Å². The van der Waals surface area contributed by atoms with Gasteiger partial charge in [0.05, 0.1) is 92.5 Å². The maximum absolute atomic E-state index is 11.4. The molecule has 0 aliphatic heterocycles. The van der Waals surface area contributed by atoms with Gasteiger partial charge in [-0.1, -0.05) is 6.58 Å². The predicted molar refractivity (Wildman–Crippen MR) is 139 cm³/mol. The number of carbonyl (C=O) groups excluding carboxylic acids is 2. The molecule has 0 aliphatic rings. The van der Waals surface area contributed by atoms with E-state index in [0.717, 1.165) is 0 Å². The summed E-state index contributed by atoms with van der Waals surface area (Å²) in [5.41, 5.74) is 0.361. The van der Waals surface area contributed by atoms with Crippen LogP contribution in [0.1, 0.15) is 32.6 Å². The lowest BCUT2D eigenvalue weighted by Crippen LogP contribution is -2.15. The fraction of sp³-hybridized carbons (Fsp3) is 0.808. The van der Waals surface area contributed by atoms with Gasteiger partial charge in [0.1, 0.15) is 13.2 Å². The van der Waals surface area contributed by atoms with Crippen LogP contribution in [0.25, 0.3) is 0 Å². The van der Waals surface area contributed by atoms with Gasteiger partial charge in [0.15, 0.2) is 0 Å². The third-order valence-electron chi connectivity index (χ3n) is 4.55. The van der Waals surface area contributed by atoms with E-state index in [1.54, 1.807) is 6.92 Å². The van der Waals surface area contributed by atoms with Crippen LogP contribution in [-0.4, -0.2) is 129 Å². The second-order valence-corrected chi connectivity index (χ2v) is 8.02. The van der Waals surface area contributed by atoms with E-state index in [0.29, 0.717) is 104 Å². The molecule has 1 N–H and O–H groups in total. The van der Waals surface area contributed by atoms with E-state index in [1.807, 2.05) is 0 Å². The smallest absolute Gasteiger partial charge is 0.333 e. The van der Waals surface area contributed by atoms with Gasteiger partial charge in [0, 0.05) is 18.4 Å². The molecule has 228 valence electrons. The van der Waals surface area contributed by atoms with Crippen LogP contribution in [0.2, 0.25) is 0 Å². The van der Waals surface area contributed by atoms with Crippen molar-refractivity contribution in [3.63, 3.8) is 0 Å². The minimum atomic E-state index is -0.866. The summed E-state index contributed by atoms with van der Waals surface area (Å²) >= 11 is 0. The summed E-state index contributed by atoms with van der Waals surface area (Å²) in [6, 6.07) is 0. The third kappa shape index (κ3) is 30.3. The molecule has 0 saturated heterocycles. The number of carboxylic acid groups (broad SMARTS) is 1. The molecular weight excluding hydrogens is 520 g/mol. The number of ether oxygens (including phenoxy) is 9. The summed E-state index contributed by atoms with van der Waals surface area (Å²) in [5.74, 6) is -1.64. The van der Waals surface area contributed by atoms with Gasteiger partial charge in [-0.05, 0) is 19.8 Å². The van der Waals surface area contributed by atoms with Crippen molar-refractivity contribution in [2.24, 2.45) is 0 Å². The molecule has 0 radical (unpaired) electrons. The molecule has 0 atom stereocenters. The fourth-order valence-corrected chi connectivity index (χ4v) is 2.57. The van der Waals surface area contributed by atoms with E-state index < -0.39 is 11.9 Å². The zero-order valence-corrected chi connectivity index (χ0v) is 23.2. The first kappa shape index (κ1) is 36.9. The Hall–Kier alpha value is -2.13. The zero-order chi connectivity index (χ0) is 28.8. The topological polar surface area (TPSA) is 155 Å². The third-order valence-corrected chi connectivity index (χ3v) is 4.55. The highest BCUT2D eigenvalue weighted by atomic mass is 16.6. The Morgan fingerprint density at radius 3 is 1.15 bits per heavy atom. The van der Waals surface area contributed by atoms with Gasteiger partial charge in [-0.2, -0.15) is 0 Å². The molecule has 0 aromatic heterocycles. The van der Waals surface area contributed by atoms with Crippen LogP contribution in [0.3, 0.4) is 0 Å². The maximum atomic E-state index is 11.4. The Balaban J connectivity index is 3.14. The largest absolute Gasteiger partial charge is 0.481 e. The Morgan fingerprint density at radius 2 is 0.821 bits per heavy atom. The molecule has 0 bridgehead atoms. The lowest BCUT2D eigenvalue weighted by molar-refractivity contribution is -0.146. The van der Waals surface area contributed by atoms with Gasteiger partial charge < -0.3 is 47.7 Å². The van der Waals surface area contributed by atoms with Gasteiger partial charge in [0.25, 0.3) is 0 Å². The van der Waals surface area contributed by atoms with E-state index >= 15 is 0 Å². The number of unbranched alkanes of at least 4 members (excludes halogenated alkanes) is 1. The first-order chi connectivity index (χ1) is 18.9. The van der Waals surface area contributed by atoms with Crippen molar-refractivity contribution < 1.29 is 62.1 Å². The minimum absolute atomic E-state index is 0.0581. The predicted octanol–water partition coefficient (Wildman–Crippen LogP) is 1.41. The summed E-state index contributed by atoms with van der Waals surface area (Å²) < 4.78 is 47.4. The van der Waals surface area contributed by atoms with Gasteiger partial charge in [-0.15, -0.1) is 0 Å². The number of aliphatic carboxylic acids is 1. The molecule has 39 heavy (non-hydrogen) atoms. The summed E-state index contributed by atoms with van der Waals surface area (Å²) in [7, 11) is 0. The zero-order valence-electron chi connectivity index (χ0n) is 23.2. The van der Waals surface area contributed by atoms with Crippen LogP contribution in [-0.2, 0) is 57.0 Å². The van der Waals surface area contributed by atoms with Crippen molar-refractivity contribution in [1.29, 1.82) is 0 Å². The number of hydrogen-bond acceptors (Lipinski definition) is 12. The summed E-state index contributed by atoms with van der Waals surface area (Å²) in [4.78, 5) is 33.0. The number of carbonyl (C=O) groups is 3. The highest BCUT2D eigenvalue weighted by molar-refractivity contribution is 5.86. The van der Waals surface area contributed by atoms with E-state index in [4.69, 9.17) is 47.7 Å². The molecule has 0 spiro atoms. The first-order valence-electron chi connectivity index (χ1n) is 13.2. The Bertz CT molecular complexity index is 627. The normalized spacial score (nSPS) is 10.9. The molecule has 0 unspecified atom stereocenters. The quantitative estimate of drug-likeness (QED) is 0.0757. The van der Waals surface area contributed by atoms with Crippen LogP contribution < -0.4 is 0 Å². The minimum Gasteiger partial charge on any atom is -0.481 e. The van der Waals surface area contributed by atoms with E-state index in [9.17, 15) is 14.4 Å². The van der Waals surface area contributed by atoms with E-state index in [2.05, 4.69) is 6.58 Å². The van der Waals surface area contributed by atoms with Crippen LogP contribution >= 0.6 is 0 Å². The van der Waals surface area contributed by atoms with E-state index in [1.165, 1.54) is 0 Å². The summed E-state index contributed by atoms with van der Waals surface area (Å²) in [6.45, 7) is 11.3. The SMILES string of the molecule is C=C(C)C(=O)OCCOCCOCCOCCOCCOCCOCCOCCOC(=O)CCCCC(=O)O. The van der Waals surface area contributed by atoms with Crippen molar-refractivity contribution in [1.82, 2.24) is 0 Å². The second-order valence-electron chi connectivity index (χ2n) is 8.02. The molecule has 0 amide bonds. The average Bonchev–Trinajstić information content (AvgIpc) is 2.90. The molecule has 0 aliphatic carbocycles. The van der Waals surface area contributed by atoms with Crippen molar-refractivity contribution in [3.8, 4) is 0 Å². The number of hydrogen-bond donors (Lipinski definition) is 1. The molecule has 0 saturated carbocycles. The van der Waals surface area contributed by atoms with Crippen LogP contribution in [0.15, 0.2) is 12.2 Å². The van der Waals surface area contributed by atoms with Crippen molar-refractivity contribution in [3.05, 3.63) is 12.2 Å². The van der Waals surface area contributed by atoms with Crippen LogP contribution in [0.5, 0.6) is 0 Å². The lowest BCUT2D eigenvalue weighted by atomic mass is 10.2. The highest BCUT2D eigenvalue weighted by Crippen LogP contribution is 2.01. The first-order valence-corrected chi connectivity index (χ1v) is 13.2. The Kier molecular flexibility index (Phi) is 27.3. The summed E-state index contributed by atoms with van der Waals surface area (Å²) in [5, 5.41) is 8.52. The molecular formula is C26H46O13. The monoisotopic (exact) mass is 566 g/mol. The van der Waals surface area contributed by atoms with Gasteiger partial charge in [-0.25, -0.2) is 4.79 Å². The van der Waals surface area contributed by atoms with E-state index in [-0.39, 0.29) is 38.6 Å². The molecule has 0 fully saturated rings. The lowest BCUT2D eigenvalue weighted by Gasteiger charge is -2.09. The average molecular weight is 567 g/mol. The fourth-order valence-electron chi connectivity index (χ4n) is 2.57. The molecule has 0 aromatic carbocycles. The Morgan fingerprint density at radius 1 is 0.513 bits per heavy atom. The molecule has 0 heterocycles. The highest BCUT2D eigenvalue weighted by Gasteiger charge is 2.04. The van der Waals surface area contributed by atoms with Gasteiger partial charge in [-0.3, -0.25) is 9.59 Å². The second kappa shape index (κ2) is 28.9. The number of carboxylic acids is 1. The Labute approximate surface area is 230 Å². The molecule has 0 aromatic rings. The number of rotatable bonds is 30. The standard InChI is InChI=1S/C26H46O13/c1-23(2)26(30)39-22-20-37-18-16-35-14-12-33-10-8-31-7-9-32-11-13-34-15-17-36-19-21-38-25(29)6-4-3-5-24(27)28/h1,3-22H2,2H3,(H,27,28). The van der Waals surface area contributed by atoms with Crippen LogP contribution in [0.4, 0.5) is 0 Å².